The van der Waals surface area contributed by atoms with E-state index in [1.54, 1.807) is 23.1 Å². The lowest BCUT2D eigenvalue weighted by molar-refractivity contribution is -0.132. The van der Waals surface area contributed by atoms with E-state index < -0.39 is 6.10 Å². The smallest absolute Gasteiger partial charge is 0.409 e. The van der Waals surface area contributed by atoms with Gasteiger partial charge in [-0.3, -0.25) is 4.79 Å². The molecule has 2 amide bonds. The lowest BCUT2D eigenvalue weighted by Gasteiger charge is -2.31. The first-order valence-corrected chi connectivity index (χ1v) is 9.05. The molecule has 0 aliphatic carbocycles. The zero-order valence-electron chi connectivity index (χ0n) is 14.2. The van der Waals surface area contributed by atoms with Gasteiger partial charge in [0.2, 0.25) is 6.10 Å². The molecule has 26 heavy (non-hydrogen) atoms. The third-order valence-corrected chi connectivity index (χ3v) is 5.03. The third kappa shape index (κ3) is 4.22. The maximum Gasteiger partial charge on any atom is 0.409 e. The Morgan fingerprint density at radius 3 is 2.69 bits per heavy atom. The first-order chi connectivity index (χ1) is 12.5. The molecule has 0 unspecified atom stereocenters. The molecule has 0 aromatic heterocycles. The number of nitrogens with zero attached hydrogens (tertiary/aromatic N) is 2. The molecule has 2 aliphatic heterocycles. The summed E-state index contributed by atoms with van der Waals surface area (Å²) >= 11 is 12.1. The normalized spacial score (nSPS) is 20.3. The summed E-state index contributed by atoms with van der Waals surface area (Å²) in [7, 11) is 1.36. The summed E-state index contributed by atoms with van der Waals surface area (Å²) < 4.78 is 4.70. The van der Waals surface area contributed by atoms with Crippen molar-refractivity contribution in [1.29, 1.82) is 0 Å². The number of rotatable bonds is 3. The number of likely N-dealkylation sites (tertiary alicyclic amines) is 1. The average molecular weight is 400 g/mol. The Balaban J connectivity index is 1.51. The second-order valence-electron chi connectivity index (χ2n) is 6.20. The minimum absolute atomic E-state index is 0.00447. The van der Waals surface area contributed by atoms with E-state index in [1.807, 2.05) is 0 Å². The van der Waals surface area contributed by atoms with Crippen LogP contribution in [0.2, 0.25) is 10.0 Å². The van der Waals surface area contributed by atoms with Crippen molar-refractivity contribution in [3.63, 3.8) is 0 Å². The van der Waals surface area contributed by atoms with E-state index in [0.717, 1.165) is 0 Å². The summed E-state index contributed by atoms with van der Waals surface area (Å²) in [5, 5.41) is 7.96. The van der Waals surface area contributed by atoms with E-state index in [-0.39, 0.29) is 18.0 Å². The minimum Gasteiger partial charge on any atom is -0.453 e. The van der Waals surface area contributed by atoms with Gasteiger partial charge in [-0.1, -0.05) is 34.4 Å². The van der Waals surface area contributed by atoms with Gasteiger partial charge in [-0.05, 0) is 25.0 Å². The van der Waals surface area contributed by atoms with Crippen molar-refractivity contribution in [1.82, 2.24) is 10.2 Å². The summed E-state index contributed by atoms with van der Waals surface area (Å²) in [6.07, 6.45) is 0.658. The van der Waals surface area contributed by atoms with Gasteiger partial charge in [0.25, 0.3) is 5.91 Å². The van der Waals surface area contributed by atoms with Crippen LogP contribution in [0.3, 0.4) is 0 Å². The molecular weight excluding hydrogens is 381 g/mol. The second-order valence-corrected chi connectivity index (χ2v) is 7.04. The number of amides is 2. The summed E-state index contributed by atoms with van der Waals surface area (Å²) in [5.74, 6) is -0.217. The van der Waals surface area contributed by atoms with Crippen molar-refractivity contribution >= 4 is 40.9 Å². The predicted molar refractivity (Wildman–Crippen MR) is 97.6 cm³/mol. The number of hydrogen-bond donors (Lipinski definition) is 1. The van der Waals surface area contributed by atoms with Crippen molar-refractivity contribution in [3.8, 4) is 0 Å². The van der Waals surface area contributed by atoms with E-state index in [1.165, 1.54) is 7.11 Å². The average Bonchev–Trinajstić information content (AvgIpc) is 3.11. The summed E-state index contributed by atoms with van der Waals surface area (Å²) in [6, 6.07) is 5.10. The van der Waals surface area contributed by atoms with Crippen LogP contribution in [-0.2, 0) is 14.4 Å². The lowest BCUT2D eigenvalue weighted by atomic mass is 10.0. The van der Waals surface area contributed by atoms with Crippen LogP contribution in [0.15, 0.2) is 23.4 Å². The van der Waals surface area contributed by atoms with Crippen LogP contribution in [0.5, 0.6) is 0 Å². The maximum atomic E-state index is 12.4. The van der Waals surface area contributed by atoms with Crippen molar-refractivity contribution in [2.24, 2.45) is 5.16 Å². The molecule has 3 rings (SSSR count). The molecule has 2 heterocycles. The van der Waals surface area contributed by atoms with Gasteiger partial charge in [-0.2, -0.15) is 0 Å². The van der Waals surface area contributed by atoms with Crippen LogP contribution >= 0.6 is 23.2 Å². The fraction of sp³-hybridized carbons (Fsp3) is 0.471. The molecule has 1 atom stereocenters. The zero-order chi connectivity index (χ0) is 18.7. The molecule has 140 valence electrons. The zero-order valence-corrected chi connectivity index (χ0v) is 15.7. The largest absolute Gasteiger partial charge is 0.453 e. The monoisotopic (exact) mass is 399 g/mol. The molecule has 1 aromatic rings. The van der Waals surface area contributed by atoms with Crippen molar-refractivity contribution in [3.05, 3.63) is 33.8 Å². The number of carbonyl (C=O) groups is 2. The van der Waals surface area contributed by atoms with Crippen molar-refractivity contribution in [2.45, 2.75) is 31.4 Å². The molecule has 1 N–H and O–H groups in total. The lowest BCUT2D eigenvalue weighted by Crippen LogP contribution is -2.48. The first-order valence-electron chi connectivity index (χ1n) is 8.29. The number of carbonyl (C=O) groups excluding carboxylic acids is 2. The number of oxime groups is 1. The number of nitrogens with one attached hydrogen (secondary N) is 1. The SMILES string of the molecule is COC(=O)N1CCC(NC(=O)[C@H]2CC(c3ccc(Cl)cc3Cl)=NO2)CC1. The van der Waals surface area contributed by atoms with Crippen LogP contribution in [0.25, 0.3) is 0 Å². The fourth-order valence-electron chi connectivity index (χ4n) is 3.03. The number of hydrogen-bond acceptors (Lipinski definition) is 5. The number of piperidine rings is 1. The van der Waals surface area contributed by atoms with E-state index in [4.69, 9.17) is 32.8 Å². The Bertz CT molecular complexity index is 733. The van der Waals surface area contributed by atoms with E-state index in [2.05, 4.69) is 10.5 Å². The topological polar surface area (TPSA) is 80.2 Å². The Kier molecular flexibility index (Phi) is 5.88. The van der Waals surface area contributed by atoms with E-state index in [0.29, 0.717) is 53.7 Å². The second kappa shape index (κ2) is 8.14. The molecule has 0 radical (unpaired) electrons. The number of ether oxygens (including phenoxy) is 1. The van der Waals surface area contributed by atoms with E-state index >= 15 is 0 Å². The molecule has 0 spiro atoms. The fourth-order valence-corrected chi connectivity index (χ4v) is 3.55. The van der Waals surface area contributed by atoms with Crippen LogP contribution < -0.4 is 5.32 Å². The van der Waals surface area contributed by atoms with Gasteiger partial charge in [-0.25, -0.2) is 4.79 Å². The molecule has 1 saturated heterocycles. The Hall–Kier alpha value is -1.99. The van der Waals surface area contributed by atoms with Gasteiger partial charge < -0.3 is 19.8 Å². The van der Waals surface area contributed by atoms with Crippen LogP contribution in [0.1, 0.15) is 24.8 Å². The molecule has 1 aromatic carbocycles. The molecule has 7 nitrogen and oxygen atoms in total. The first kappa shape index (κ1) is 18.8. The summed E-state index contributed by atoms with van der Waals surface area (Å²) in [4.78, 5) is 30.8. The van der Waals surface area contributed by atoms with Gasteiger partial charge in [0.05, 0.1) is 17.8 Å². The predicted octanol–water partition coefficient (Wildman–Crippen LogP) is 2.83. The highest BCUT2D eigenvalue weighted by Gasteiger charge is 2.32. The third-order valence-electron chi connectivity index (χ3n) is 4.48. The van der Waals surface area contributed by atoms with Gasteiger partial charge in [0, 0.05) is 36.1 Å². The molecule has 2 aliphatic rings. The Morgan fingerprint density at radius 1 is 1.31 bits per heavy atom. The van der Waals surface area contributed by atoms with Crippen LogP contribution in [-0.4, -0.2) is 55.0 Å². The minimum atomic E-state index is -0.685. The number of halogens is 2. The molecular formula is C17H19Cl2N3O4. The van der Waals surface area contributed by atoms with Gasteiger partial charge >= 0.3 is 6.09 Å². The molecule has 0 bridgehead atoms. The van der Waals surface area contributed by atoms with Crippen molar-refractivity contribution < 1.29 is 19.2 Å². The van der Waals surface area contributed by atoms with Crippen molar-refractivity contribution in [2.75, 3.05) is 20.2 Å². The number of methoxy groups -OCH3 is 1. The molecule has 0 saturated carbocycles. The van der Waals surface area contributed by atoms with Gasteiger partial charge in [0.15, 0.2) is 0 Å². The highest BCUT2D eigenvalue weighted by Crippen LogP contribution is 2.26. The quantitative estimate of drug-likeness (QED) is 0.846. The molecule has 1 fully saturated rings. The van der Waals surface area contributed by atoms with Crippen LogP contribution in [0.4, 0.5) is 4.79 Å². The summed E-state index contributed by atoms with van der Waals surface area (Å²) in [5.41, 5.74) is 1.32. The van der Waals surface area contributed by atoms with E-state index in [9.17, 15) is 9.59 Å². The molecule has 9 heteroatoms. The van der Waals surface area contributed by atoms with Crippen LogP contribution in [0, 0.1) is 0 Å². The maximum absolute atomic E-state index is 12.4. The highest BCUT2D eigenvalue weighted by atomic mass is 35.5. The standard InChI is InChI=1S/C17H19Cl2N3O4/c1-25-17(24)22-6-4-11(5-7-22)20-16(23)15-9-14(21-26-15)12-3-2-10(18)8-13(12)19/h2-3,8,11,15H,4-7,9H2,1H3,(H,20,23)/t15-/m1/s1. The highest BCUT2D eigenvalue weighted by molar-refractivity contribution is 6.37. The van der Waals surface area contributed by atoms with Gasteiger partial charge in [0.1, 0.15) is 0 Å². The Morgan fingerprint density at radius 2 is 2.04 bits per heavy atom. The Labute approximate surface area is 161 Å². The summed E-state index contributed by atoms with van der Waals surface area (Å²) in [6.45, 7) is 1.09. The number of benzene rings is 1. The van der Waals surface area contributed by atoms with Gasteiger partial charge in [-0.15, -0.1) is 0 Å².